The lowest BCUT2D eigenvalue weighted by atomic mass is 10.2. The molecular formula is C9H12O2S2. The van der Waals surface area contributed by atoms with Crippen molar-refractivity contribution >= 4 is 19.7 Å². The number of benzene rings is 1. The Bertz CT molecular complexity index is 343. The molecule has 1 aromatic rings. The first-order chi connectivity index (χ1) is 6.14. The van der Waals surface area contributed by atoms with E-state index in [4.69, 9.17) is 0 Å². The van der Waals surface area contributed by atoms with Crippen LogP contribution in [0.25, 0.3) is 0 Å². The molecule has 0 atom stereocenters. The van der Waals surface area contributed by atoms with Gasteiger partial charge in [-0.1, -0.05) is 37.3 Å². The van der Waals surface area contributed by atoms with Crippen LogP contribution < -0.4 is 0 Å². The van der Waals surface area contributed by atoms with E-state index < -0.39 is 8.87 Å². The van der Waals surface area contributed by atoms with Gasteiger partial charge in [0.2, 0.25) is 8.87 Å². The fourth-order valence-corrected chi connectivity index (χ4v) is 2.94. The molecule has 0 amide bonds. The van der Waals surface area contributed by atoms with Crippen LogP contribution in [-0.4, -0.2) is 14.2 Å². The molecular weight excluding hydrogens is 204 g/mol. The van der Waals surface area contributed by atoms with Gasteiger partial charge in [-0.15, -0.1) is 0 Å². The first kappa shape index (κ1) is 10.6. The van der Waals surface area contributed by atoms with Crippen molar-refractivity contribution < 1.29 is 8.42 Å². The predicted molar refractivity (Wildman–Crippen MR) is 57.2 cm³/mol. The first-order valence-electron chi connectivity index (χ1n) is 4.05. The molecule has 0 heterocycles. The second-order valence-corrected chi connectivity index (χ2v) is 7.04. The van der Waals surface area contributed by atoms with Crippen LogP contribution in [0, 0.1) is 0 Å². The molecule has 0 radical (unpaired) electrons. The van der Waals surface area contributed by atoms with E-state index in [-0.39, 0.29) is 5.75 Å². The van der Waals surface area contributed by atoms with Gasteiger partial charge in [0.1, 0.15) is 0 Å². The zero-order chi connectivity index (χ0) is 9.73. The molecule has 0 bridgehead atoms. The summed E-state index contributed by atoms with van der Waals surface area (Å²) in [7, 11) is -1.90. The SMILES string of the molecule is CCS(=O)(=O)SCc1ccccc1. The van der Waals surface area contributed by atoms with E-state index in [2.05, 4.69) is 0 Å². The Morgan fingerprint density at radius 1 is 1.23 bits per heavy atom. The summed E-state index contributed by atoms with van der Waals surface area (Å²) in [4.78, 5) is 0. The number of rotatable bonds is 4. The van der Waals surface area contributed by atoms with Crippen molar-refractivity contribution in [2.75, 3.05) is 5.75 Å². The van der Waals surface area contributed by atoms with Crippen LogP contribution in [0.4, 0.5) is 0 Å². The van der Waals surface area contributed by atoms with Crippen molar-refractivity contribution in [3.05, 3.63) is 35.9 Å². The number of hydrogen-bond donors (Lipinski definition) is 0. The van der Waals surface area contributed by atoms with Crippen molar-refractivity contribution in [3.8, 4) is 0 Å². The van der Waals surface area contributed by atoms with E-state index in [9.17, 15) is 8.42 Å². The van der Waals surface area contributed by atoms with Gasteiger partial charge in [0.15, 0.2) is 0 Å². The van der Waals surface area contributed by atoms with Gasteiger partial charge in [-0.3, -0.25) is 0 Å². The molecule has 0 aliphatic heterocycles. The van der Waals surface area contributed by atoms with Gasteiger partial charge >= 0.3 is 0 Å². The average molecular weight is 216 g/mol. The third kappa shape index (κ3) is 3.83. The Kier molecular flexibility index (Phi) is 3.81. The normalized spacial score (nSPS) is 11.5. The number of hydrogen-bond acceptors (Lipinski definition) is 3. The third-order valence-electron chi connectivity index (χ3n) is 1.60. The van der Waals surface area contributed by atoms with Crippen molar-refractivity contribution in [3.63, 3.8) is 0 Å². The molecule has 0 aliphatic carbocycles. The zero-order valence-electron chi connectivity index (χ0n) is 7.43. The summed E-state index contributed by atoms with van der Waals surface area (Å²) in [5.74, 6) is 0.738. The highest BCUT2D eigenvalue weighted by molar-refractivity contribution is 8.71. The van der Waals surface area contributed by atoms with Gasteiger partial charge in [0.05, 0.1) is 5.75 Å². The molecule has 0 saturated heterocycles. The third-order valence-corrected chi connectivity index (χ3v) is 5.26. The van der Waals surface area contributed by atoms with Crippen molar-refractivity contribution in [2.45, 2.75) is 12.7 Å². The lowest BCUT2D eigenvalue weighted by Gasteiger charge is -2.00. The van der Waals surface area contributed by atoms with Gasteiger partial charge in [-0.2, -0.15) is 0 Å². The van der Waals surface area contributed by atoms with Gasteiger partial charge in [-0.05, 0) is 16.4 Å². The lowest BCUT2D eigenvalue weighted by Crippen LogP contribution is -1.96. The fourth-order valence-electron chi connectivity index (χ4n) is 0.815. The second kappa shape index (κ2) is 4.67. The standard InChI is InChI=1S/C9H12O2S2/c1-2-13(10,11)12-8-9-6-4-3-5-7-9/h3-7H,2,8H2,1H3. The maximum absolute atomic E-state index is 11.1. The molecule has 2 nitrogen and oxygen atoms in total. The maximum atomic E-state index is 11.1. The molecule has 13 heavy (non-hydrogen) atoms. The molecule has 0 fully saturated rings. The first-order valence-corrected chi connectivity index (χ1v) is 7.20. The average Bonchev–Trinajstić information content (AvgIpc) is 2.17. The van der Waals surface area contributed by atoms with Gasteiger partial charge < -0.3 is 0 Å². The van der Waals surface area contributed by atoms with Gasteiger partial charge in [-0.25, -0.2) is 8.42 Å². The van der Waals surface area contributed by atoms with Crippen LogP contribution in [-0.2, 0) is 14.6 Å². The zero-order valence-corrected chi connectivity index (χ0v) is 9.07. The van der Waals surface area contributed by atoms with Crippen LogP contribution in [0.2, 0.25) is 0 Å². The van der Waals surface area contributed by atoms with E-state index in [0.29, 0.717) is 5.75 Å². The Hall–Kier alpha value is -0.480. The maximum Gasteiger partial charge on any atom is 0.201 e. The summed E-state index contributed by atoms with van der Waals surface area (Å²) in [5, 5.41) is 0. The molecule has 0 aliphatic rings. The smallest absolute Gasteiger partial charge is 0.201 e. The topological polar surface area (TPSA) is 34.1 Å². The summed E-state index contributed by atoms with van der Waals surface area (Å²) in [6.45, 7) is 1.66. The second-order valence-electron chi connectivity index (χ2n) is 2.59. The van der Waals surface area contributed by atoms with Crippen molar-refractivity contribution in [2.24, 2.45) is 0 Å². The highest BCUT2D eigenvalue weighted by atomic mass is 33.1. The predicted octanol–water partition coefficient (Wildman–Crippen LogP) is 2.27. The fraction of sp³-hybridized carbons (Fsp3) is 0.333. The van der Waals surface area contributed by atoms with E-state index in [1.54, 1.807) is 6.92 Å². The largest absolute Gasteiger partial charge is 0.217 e. The van der Waals surface area contributed by atoms with E-state index in [1.165, 1.54) is 0 Å². The van der Waals surface area contributed by atoms with E-state index in [1.807, 2.05) is 30.3 Å². The Morgan fingerprint density at radius 2 is 1.85 bits per heavy atom. The molecule has 0 saturated carbocycles. The van der Waals surface area contributed by atoms with Crippen molar-refractivity contribution in [1.29, 1.82) is 0 Å². The Morgan fingerprint density at radius 3 is 2.38 bits per heavy atom. The molecule has 0 spiro atoms. The molecule has 1 rings (SSSR count). The van der Waals surface area contributed by atoms with Crippen LogP contribution in [0.5, 0.6) is 0 Å². The quantitative estimate of drug-likeness (QED) is 0.724. The summed E-state index contributed by atoms with van der Waals surface area (Å²) in [5.41, 5.74) is 1.05. The molecule has 4 heteroatoms. The Balaban J connectivity index is 2.54. The Labute approximate surface area is 82.7 Å². The summed E-state index contributed by atoms with van der Waals surface area (Å²) in [6.07, 6.45) is 0. The highest BCUT2D eigenvalue weighted by Gasteiger charge is 2.07. The molecule has 0 unspecified atom stereocenters. The highest BCUT2D eigenvalue weighted by Crippen LogP contribution is 2.18. The minimum atomic E-state index is -2.90. The van der Waals surface area contributed by atoms with Gasteiger partial charge in [0.25, 0.3) is 0 Å². The lowest BCUT2D eigenvalue weighted by molar-refractivity contribution is 0.611. The monoisotopic (exact) mass is 216 g/mol. The van der Waals surface area contributed by atoms with Gasteiger partial charge in [0, 0.05) is 5.75 Å². The van der Waals surface area contributed by atoms with Crippen LogP contribution in [0.15, 0.2) is 30.3 Å². The van der Waals surface area contributed by atoms with Crippen LogP contribution in [0.1, 0.15) is 12.5 Å². The molecule has 72 valence electrons. The van der Waals surface area contributed by atoms with E-state index in [0.717, 1.165) is 16.4 Å². The summed E-state index contributed by atoms with van der Waals surface area (Å²) >= 11 is 0. The summed E-state index contributed by atoms with van der Waals surface area (Å²) < 4.78 is 22.3. The summed E-state index contributed by atoms with van der Waals surface area (Å²) in [6, 6.07) is 9.60. The molecule has 0 aromatic heterocycles. The van der Waals surface area contributed by atoms with Crippen LogP contribution >= 0.6 is 10.8 Å². The molecule has 1 aromatic carbocycles. The van der Waals surface area contributed by atoms with E-state index >= 15 is 0 Å². The minimum absolute atomic E-state index is 0.199. The van der Waals surface area contributed by atoms with Crippen LogP contribution in [0.3, 0.4) is 0 Å². The van der Waals surface area contributed by atoms with Crippen molar-refractivity contribution in [1.82, 2.24) is 0 Å². The minimum Gasteiger partial charge on any atom is -0.217 e. The molecule has 0 N–H and O–H groups in total.